The van der Waals surface area contributed by atoms with E-state index in [1.807, 2.05) is 0 Å². The van der Waals surface area contributed by atoms with Crippen LogP contribution < -0.4 is 0 Å². The van der Waals surface area contributed by atoms with Gasteiger partial charge in [0.15, 0.2) is 24.6 Å². The quantitative estimate of drug-likeness (QED) is 0.0228. The Labute approximate surface area is 443 Å². The van der Waals surface area contributed by atoms with Crippen LogP contribution >= 0.6 is 0 Å². The van der Waals surface area contributed by atoms with Crippen LogP contribution in [0.2, 0.25) is 0 Å². The average Bonchev–Trinajstić information content (AvgIpc) is 3.37. The molecule has 0 amide bonds. The highest BCUT2D eigenvalue weighted by Gasteiger charge is 2.50. The summed E-state index contributed by atoms with van der Waals surface area (Å²) >= 11 is 0. The second kappa shape index (κ2) is 49.3. The Morgan fingerprint density at radius 3 is 1.38 bits per heavy atom. The van der Waals surface area contributed by atoms with Crippen LogP contribution in [0, 0.1) is 0 Å². The lowest BCUT2D eigenvalue weighted by molar-refractivity contribution is -0.301. The van der Waals surface area contributed by atoms with Crippen molar-refractivity contribution in [1.82, 2.24) is 0 Å². The molecule has 1 aliphatic heterocycles. The first-order valence-electron chi connectivity index (χ1n) is 29.3. The number of allylic oxidation sites excluding steroid dienone is 10. The van der Waals surface area contributed by atoms with Crippen LogP contribution in [0.15, 0.2) is 60.8 Å². The minimum atomic E-state index is -1.91. The number of unbranched alkanes of at least 4 members (excludes halogenated alkanes) is 25. The molecule has 0 aromatic rings. The van der Waals surface area contributed by atoms with E-state index >= 15 is 0 Å². The zero-order valence-electron chi connectivity index (χ0n) is 46.1. The molecule has 1 aliphatic rings. The Morgan fingerprint density at radius 2 is 0.877 bits per heavy atom. The molecule has 73 heavy (non-hydrogen) atoms. The fourth-order valence-electron chi connectivity index (χ4n) is 8.53. The average molecular weight is 1030 g/mol. The third-order valence-corrected chi connectivity index (χ3v) is 13.0. The number of rotatable bonds is 49. The van der Waals surface area contributed by atoms with Crippen LogP contribution in [0.3, 0.4) is 0 Å². The molecule has 0 bridgehead atoms. The lowest BCUT2D eigenvalue weighted by atomic mass is 9.98. The summed E-state index contributed by atoms with van der Waals surface area (Å²) in [5, 5.41) is 31.5. The molecule has 6 atom stereocenters. The minimum absolute atomic E-state index is 0.0543. The number of hydrogen-bond donors (Lipinski definition) is 3. The zero-order chi connectivity index (χ0) is 53.3. The third-order valence-electron chi connectivity index (χ3n) is 13.0. The molecule has 12 nitrogen and oxygen atoms in total. The van der Waals surface area contributed by atoms with Crippen LogP contribution in [0.5, 0.6) is 0 Å². The summed E-state index contributed by atoms with van der Waals surface area (Å²) in [4.78, 5) is 51.0. The monoisotopic (exact) mass is 1030 g/mol. The molecule has 1 heterocycles. The van der Waals surface area contributed by atoms with E-state index in [-0.39, 0.29) is 25.9 Å². The molecule has 1 rings (SSSR count). The van der Waals surface area contributed by atoms with Gasteiger partial charge in [-0.25, -0.2) is 4.79 Å². The molecule has 0 saturated carbocycles. The number of carboxylic acids is 1. The molecule has 1 fully saturated rings. The summed E-state index contributed by atoms with van der Waals surface area (Å²) in [5.74, 6) is -3.17. The molecule has 3 N–H and O–H groups in total. The number of carbonyl (C=O) groups is 4. The normalized spacial score (nSPS) is 18.7. The van der Waals surface area contributed by atoms with E-state index in [0.717, 1.165) is 109 Å². The lowest BCUT2D eigenvalue weighted by Gasteiger charge is -2.40. The third kappa shape index (κ3) is 39.5. The molecular weight excluding hydrogens is 925 g/mol. The van der Waals surface area contributed by atoms with E-state index < -0.39 is 67.3 Å². The van der Waals surface area contributed by atoms with Crippen LogP contribution in [0.1, 0.15) is 252 Å². The first-order valence-corrected chi connectivity index (χ1v) is 29.3. The smallest absolute Gasteiger partial charge is 0.335 e. The highest BCUT2D eigenvalue weighted by atomic mass is 16.7. The maximum Gasteiger partial charge on any atom is 0.335 e. The highest BCUT2D eigenvalue weighted by molar-refractivity contribution is 5.74. The van der Waals surface area contributed by atoms with Crippen molar-refractivity contribution < 1.29 is 58.2 Å². The van der Waals surface area contributed by atoms with Gasteiger partial charge >= 0.3 is 23.9 Å². The van der Waals surface area contributed by atoms with E-state index in [9.17, 15) is 34.5 Å². The van der Waals surface area contributed by atoms with Gasteiger partial charge in [-0.2, -0.15) is 0 Å². The van der Waals surface area contributed by atoms with Crippen molar-refractivity contribution in [2.45, 2.75) is 289 Å². The van der Waals surface area contributed by atoms with Gasteiger partial charge in [-0.05, 0) is 96.3 Å². The van der Waals surface area contributed by atoms with Crippen molar-refractivity contribution in [2.75, 3.05) is 13.2 Å². The number of aliphatic carboxylic acids is 1. The first-order chi connectivity index (χ1) is 35.6. The molecule has 6 unspecified atom stereocenters. The number of esters is 3. The van der Waals surface area contributed by atoms with Gasteiger partial charge in [0.2, 0.25) is 0 Å². The van der Waals surface area contributed by atoms with Crippen molar-refractivity contribution in [3.63, 3.8) is 0 Å². The van der Waals surface area contributed by atoms with Gasteiger partial charge in [0.25, 0.3) is 0 Å². The van der Waals surface area contributed by atoms with Crippen LogP contribution in [0.4, 0.5) is 0 Å². The first kappa shape index (κ1) is 67.4. The zero-order valence-corrected chi connectivity index (χ0v) is 46.1. The Balaban J connectivity index is 2.67. The maximum absolute atomic E-state index is 13.1. The Morgan fingerprint density at radius 1 is 0.466 bits per heavy atom. The summed E-state index contributed by atoms with van der Waals surface area (Å²) in [6, 6.07) is 0. The topological polar surface area (TPSA) is 175 Å². The molecule has 1 saturated heterocycles. The van der Waals surface area contributed by atoms with Gasteiger partial charge in [-0.1, -0.05) is 197 Å². The van der Waals surface area contributed by atoms with E-state index in [0.29, 0.717) is 19.3 Å². The minimum Gasteiger partial charge on any atom is -0.479 e. The summed E-state index contributed by atoms with van der Waals surface area (Å²) in [6.45, 7) is 5.80. The number of aliphatic hydroxyl groups is 2. The second-order valence-corrected chi connectivity index (χ2v) is 19.9. The van der Waals surface area contributed by atoms with Crippen LogP contribution in [-0.4, -0.2) is 89.2 Å². The molecule has 12 heteroatoms. The number of aliphatic hydroxyl groups excluding tert-OH is 2. The fourth-order valence-corrected chi connectivity index (χ4v) is 8.53. The Kier molecular flexibility index (Phi) is 45.5. The van der Waals surface area contributed by atoms with Crippen LogP contribution in [0.25, 0.3) is 0 Å². The van der Waals surface area contributed by atoms with E-state index in [4.69, 9.17) is 23.7 Å². The van der Waals surface area contributed by atoms with Crippen molar-refractivity contribution in [3.05, 3.63) is 60.8 Å². The van der Waals surface area contributed by atoms with E-state index in [2.05, 4.69) is 81.5 Å². The molecule has 0 spiro atoms. The van der Waals surface area contributed by atoms with Crippen molar-refractivity contribution in [3.8, 4) is 0 Å². The predicted molar refractivity (Wildman–Crippen MR) is 294 cm³/mol. The molecule has 0 aromatic heterocycles. The molecular formula is C61H104O12. The number of hydrogen-bond acceptors (Lipinski definition) is 11. The summed E-state index contributed by atoms with van der Waals surface area (Å²) in [5.41, 5.74) is 0. The SMILES string of the molecule is CC/C=C\C/C=C\C/C=C\CCCCCC(=O)OCC(COC1OC(C(=O)O)C(O)C(O)C1OC(=O)CCCCCCCCCCC/C=C\CCCCCCCC)OC(=O)CCCCCCC/C=C\CCCC. The van der Waals surface area contributed by atoms with Crippen molar-refractivity contribution in [1.29, 1.82) is 0 Å². The van der Waals surface area contributed by atoms with Gasteiger partial charge in [0, 0.05) is 19.3 Å². The number of carbonyl (C=O) groups excluding carboxylic acids is 3. The molecule has 420 valence electrons. The molecule has 0 radical (unpaired) electrons. The fraction of sp³-hybridized carbons (Fsp3) is 0.770. The van der Waals surface area contributed by atoms with Crippen molar-refractivity contribution in [2.24, 2.45) is 0 Å². The van der Waals surface area contributed by atoms with Gasteiger partial charge in [-0.3, -0.25) is 14.4 Å². The van der Waals surface area contributed by atoms with E-state index in [1.54, 1.807) is 0 Å². The van der Waals surface area contributed by atoms with Crippen LogP contribution in [-0.2, 0) is 42.9 Å². The van der Waals surface area contributed by atoms with Gasteiger partial charge in [0.1, 0.15) is 18.8 Å². The highest BCUT2D eigenvalue weighted by Crippen LogP contribution is 2.26. The van der Waals surface area contributed by atoms with Gasteiger partial charge in [0.05, 0.1) is 6.61 Å². The number of ether oxygens (including phenoxy) is 5. The van der Waals surface area contributed by atoms with E-state index in [1.165, 1.54) is 83.5 Å². The maximum atomic E-state index is 13.1. The van der Waals surface area contributed by atoms with Gasteiger partial charge < -0.3 is 39.0 Å². The largest absolute Gasteiger partial charge is 0.479 e. The second-order valence-electron chi connectivity index (χ2n) is 19.9. The Bertz CT molecular complexity index is 1500. The summed E-state index contributed by atoms with van der Waals surface area (Å²) < 4.78 is 28.3. The summed E-state index contributed by atoms with van der Waals surface area (Å²) in [7, 11) is 0. The Hall–Kier alpha value is -3.58. The predicted octanol–water partition coefficient (Wildman–Crippen LogP) is 14.8. The summed E-state index contributed by atoms with van der Waals surface area (Å²) in [6.07, 6.45) is 47.7. The standard InChI is InChI=1S/C61H104O12/c1-4-7-10-13-16-19-22-24-25-26-27-28-29-31-34-37-40-43-46-49-55(64)72-59-57(66)56(65)58(60(67)68)73-61(59)70-51-52(71-54(63)48-45-42-39-36-32-21-18-15-12-9-6-3)50-69-53(62)47-44-41-38-35-33-30-23-20-17-14-11-8-5-2/h8,11,15,17-18,20,24-25,30,33,52,56-59,61,65-66H,4-7,9-10,12-14,16,19,21-23,26-29,31-32,34-51H2,1-3H3,(H,67,68)/b11-8-,18-15-,20-17-,25-24-,33-30-. The van der Waals surface area contributed by atoms with Gasteiger partial charge in [-0.15, -0.1) is 0 Å². The van der Waals surface area contributed by atoms with Crippen molar-refractivity contribution >= 4 is 23.9 Å². The number of carboxylic acid groups (broad SMARTS) is 1. The lowest BCUT2D eigenvalue weighted by Crippen LogP contribution is -2.61. The molecule has 0 aromatic carbocycles. The molecule has 0 aliphatic carbocycles.